The lowest BCUT2D eigenvalue weighted by Crippen LogP contribution is -2.29. The number of fused-ring (bicyclic) bond motifs is 1. The predicted molar refractivity (Wildman–Crippen MR) is 69.8 cm³/mol. The number of aryl methyl sites for hydroxylation is 1. The topological polar surface area (TPSA) is 67.0 Å². The van der Waals surface area contributed by atoms with E-state index in [-0.39, 0.29) is 11.8 Å². The van der Waals surface area contributed by atoms with Gasteiger partial charge in [-0.25, -0.2) is 0 Å². The van der Waals surface area contributed by atoms with Crippen molar-refractivity contribution in [3.05, 3.63) is 47.3 Å². The maximum absolute atomic E-state index is 12.2. The summed E-state index contributed by atoms with van der Waals surface area (Å²) in [6.45, 7) is 2.83. The number of amides is 1. The van der Waals surface area contributed by atoms with E-state index in [0.717, 1.165) is 22.6 Å². The van der Waals surface area contributed by atoms with E-state index in [1.165, 1.54) is 0 Å². The number of benzene rings is 1. The fraction of sp³-hybridized carbons (Fsp3) is 0.286. The Hall–Kier alpha value is -2.30. The number of nitrogens with one attached hydrogen (secondary N) is 2. The molecule has 1 atom stereocenters. The van der Waals surface area contributed by atoms with E-state index in [2.05, 4.69) is 15.5 Å². The minimum absolute atomic E-state index is 0.00875. The highest BCUT2D eigenvalue weighted by molar-refractivity contribution is 5.85. The molecule has 0 bridgehead atoms. The fourth-order valence-corrected chi connectivity index (χ4v) is 2.24. The van der Waals surface area contributed by atoms with Crippen molar-refractivity contribution in [1.29, 1.82) is 0 Å². The third-order valence-electron chi connectivity index (χ3n) is 3.40. The van der Waals surface area contributed by atoms with Gasteiger partial charge in [-0.2, -0.15) is 5.10 Å². The number of ether oxygens (including phenoxy) is 1. The van der Waals surface area contributed by atoms with Crippen LogP contribution in [-0.2, 0) is 11.3 Å². The molecule has 0 fully saturated rings. The third-order valence-corrected chi connectivity index (χ3v) is 3.40. The molecule has 1 amide bonds. The van der Waals surface area contributed by atoms with Crippen LogP contribution in [0.2, 0.25) is 0 Å². The molecule has 2 aromatic rings. The largest absolute Gasteiger partial charge is 0.492 e. The first kappa shape index (κ1) is 11.8. The first-order valence-corrected chi connectivity index (χ1v) is 6.24. The first-order chi connectivity index (χ1) is 9.25. The predicted octanol–water partition coefficient (Wildman–Crippen LogP) is 1.51. The highest BCUT2D eigenvalue weighted by Crippen LogP contribution is 2.33. The number of aromatic nitrogens is 2. The van der Waals surface area contributed by atoms with Gasteiger partial charge in [-0.15, -0.1) is 0 Å². The fourth-order valence-electron chi connectivity index (χ4n) is 2.24. The molecule has 5 heteroatoms. The van der Waals surface area contributed by atoms with E-state index in [0.29, 0.717) is 13.2 Å². The van der Waals surface area contributed by atoms with Crippen LogP contribution >= 0.6 is 0 Å². The van der Waals surface area contributed by atoms with Gasteiger partial charge in [0, 0.05) is 23.4 Å². The summed E-state index contributed by atoms with van der Waals surface area (Å²) in [5.74, 6) is 0.580. The number of hydrogen-bond donors (Lipinski definition) is 2. The van der Waals surface area contributed by atoms with Gasteiger partial charge in [0.05, 0.1) is 6.20 Å². The number of aromatic amines is 1. The lowest BCUT2D eigenvalue weighted by atomic mass is 10.0. The molecule has 2 N–H and O–H groups in total. The Labute approximate surface area is 111 Å². The van der Waals surface area contributed by atoms with Crippen LogP contribution in [0.4, 0.5) is 0 Å². The molecule has 0 radical (unpaired) electrons. The second-order valence-corrected chi connectivity index (χ2v) is 4.64. The molecule has 1 aromatic heterocycles. The van der Waals surface area contributed by atoms with Crippen LogP contribution in [0.25, 0.3) is 0 Å². The summed E-state index contributed by atoms with van der Waals surface area (Å²) >= 11 is 0. The molecule has 19 heavy (non-hydrogen) atoms. The summed E-state index contributed by atoms with van der Waals surface area (Å²) in [6, 6.07) is 7.67. The molecular weight excluding hydrogens is 242 g/mol. The zero-order chi connectivity index (χ0) is 13.2. The number of para-hydroxylation sites is 1. The van der Waals surface area contributed by atoms with Crippen molar-refractivity contribution in [2.24, 2.45) is 0 Å². The molecule has 1 aromatic carbocycles. The minimum atomic E-state index is -0.219. The normalized spacial score (nSPS) is 16.8. The zero-order valence-electron chi connectivity index (χ0n) is 10.6. The minimum Gasteiger partial charge on any atom is -0.492 e. The lowest BCUT2D eigenvalue weighted by Gasteiger charge is -2.09. The van der Waals surface area contributed by atoms with Crippen molar-refractivity contribution in [3.8, 4) is 5.75 Å². The van der Waals surface area contributed by atoms with Crippen LogP contribution in [0.3, 0.4) is 0 Å². The molecule has 0 spiro atoms. The molecule has 1 aliphatic rings. The summed E-state index contributed by atoms with van der Waals surface area (Å²) in [4.78, 5) is 12.2. The summed E-state index contributed by atoms with van der Waals surface area (Å²) in [5.41, 5.74) is 2.94. The van der Waals surface area contributed by atoms with Crippen LogP contribution < -0.4 is 10.1 Å². The monoisotopic (exact) mass is 257 g/mol. The second-order valence-electron chi connectivity index (χ2n) is 4.64. The summed E-state index contributed by atoms with van der Waals surface area (Å²) in [5, 5.41) is 9.71. The molecule has 1 unspecified atom stereocenters. The average Bonchev–Trinajstić information content (AvgIpc) is 3.02. The van der Waals surface area contributed by atoms with Crippen molar-refractivity contribution in [2.45, 2.75) is 19.4 Å². The molecule has 98 valence electrons. The van der Waals surface area contributed by atoms with Gasteiger partial charge < -0.3 is 10.1 Å². The van der Waals surface area contributed by atoms with Crippen molar-refractivity contribution in [1.82, 2.24) is 15.5 Å². The standard InChI is InChI=1S/C14H15N3O2/c1-9-10(7-16-17-9)6-15-14(18)12-8-19-13-5-3-2-4-11(12)13/h2-5,7,12H,6,8H2,1H3,(H,15,18)(H,16,17). The van der Waals surface area contributed by atoms with E-state index in [9.17, 15) is 4.79 Å². The van der Waals surface area contributed by atoms with Gasteiger partial charge in [0.1, 0.15) is 18.3 Å². The van der Waals surface area contributed by atoms with Crippen LogP contribution in [-0.4, -0.2) is 22.7 Å². The Morgan fingerprint density at radius 2 is 2.37 bits per heavy atom. The number of nitrogens with zero attached hydrogens (tertiary/aromatic N) is 1. The average molecular weight is 257 g/mol. The van der Waals surface area contributed by atoms with E-state index in [1.54, 1.807) is 6.20 Å². The Kier molecular flexibility index (Phi) is 2.95. The highest BCUT2D eigenvalue weighted by Gasteiger charge is 2.29. The second kappa shape index (κ2) is 4.76. The van der Waals surface area contributed by atoms with Crippen molar-refractivity contribution >= 4 is 5.91 Å². The zero-order valence-corrected chi connectivity index (χ0v) is 10.6. The smallest absolute Gasteiger partial charge is 0.231 e. The van der Waals surface area contributed by atoms with Gasteiger partial charge in [0.25, 0.3) is 0 Å². The van der Waals surface area contributed by atoms with Gasteiger partial charge in [-0.1, -0.05) is 18.2 Å². The van der Waals surface area contributed by atoms with Gasteiger partial charge in [0.15, 0.2) is 0 Å². The van der Waals surface area contributed by atoms with E-state index in [1.807, 2.05) is 31.2 Å². The first-order valence-electron chi connectivity index (χ1n) is 6.24. The summed E-state index contributed by atoms with van der Waals surface area (Å²) in [6.07, 6.45) is 1.73. The Morgan fingerprint density at radius 1 is 1.53 bits per heavy atom. The number of rotatable bonds is 3. The molecule has 0 aliphatic carbocycles. The molecule has 5 nitrogen and oxygen atoms in total. The summed E-state index contributed by atoms with van der Waals surface area (Å²) in [7, 11) is 0. The van der Waals surface area contributed by atoms with Gasteiger partial charge >= 0.3 is 0 Å². The van der Waals surface area contributed by atoms with Crippen LogP contribution in [0, 0.1) is 6.92 Å². The maximum atomic E-state index is 12.2. The Bertz CT molecular complexity index is 606. The number of H-pyrrole nitrogens is 1. The quantitative estimate of drug-likeness (QED) is 0.875. The van der Waals surface area contributed by atoms with Crippen LogP contribution in [0.15, 0.2) is 30.5 Å². The summed E-state index contributed by atoms with van der Waals surface area (Å²) < 4.78 is 5.51. The Balaban J connectivity index is 1.68. The van der Waals surface area contributed by atoms with Gasteiger partial charge in [-0.3, -0.25) is 9.89 Å². The van der Waals surface area contributed by atoms with Gasteiger partial charge in [-0.05, 0) is 13.0 Å². The van der Waals surface area contributed by atoms with Crippen molar-refractivity contribution in [2.75, 3.05) is 6.61 Å². The van der Waals surface area contributed by atoms with Crippen molar-refractivity contribution < 1.29 is 9.53 Å². The Morgan fingerprint density at radius 3 is 3.16 bits per heavy atom. The molecule has 3 rings (SSSR count). The lowest BCUT2D eigenvalue weighted by molar-refractivity contribution is -0.122. The van der Waals surface area contributed by atoms with Crippen LogP contribution in [0.1, 0.15) is 22.7 Å². The third kappa shape index (κ3) is 2.19. The number of carbonyl (C=O) groups excluding carboxylic acids is 1. The molecule has 0 saturated carbocycles. The molecule has 0 saturated heterocycles. The molecule has 1 aliphatic heterocycles. The van der Waals surface area contributed by atoms with Crippen molar-refractivity contribution in [3.63, 3.8) is 0 Å². The number of hydrogen-bond acceptors (Lipinski definition) is 3. The van der Waals surface area contributed by atoms with Gasteiger partial charge in [0.2, 0.25) is 5.91 Å². The molecular formula is C14H15N3O2. The van der Waals surface area contributed by atoms with E-state index in [4.69, 9.17) is 4.74 Å². The number of carbonyl (C=O) groups is 1. The molecule has 2 heterocycles. The van der Waals surface area contributed by atoms with E-state index < -0.39 is 0 Å². The van der Waals surface area contributed by atoms with E-state index >= 15 is 0 Å². The highest BCUT2D eigenvalue weighted by atomic mass is 16.5. The maximum Gasteiger partial charge on any atom is 0.231 e. The SMILES string of the molecule is Cc1[nH]ncc1CNC(=O)C1COc2ccccc21. The van der Waals surface area contributed by atoms with Crippen LogP contribution in [0.5, 0.6) is 5.75 Å².